The molecular formula is C18H20N2O. The van der Waals surface area contributed by atoms with Crippen LogP contribution in [0.3, 0.4) is 0 Å². The topological polar surface area (TPSA) is 46.3 Å². The summed E-state index contributed by atoms with van der Waals surface area (Å²) in [7, 11) is 0. The van der Waals surface area contributed by atoms with E-state index < -0.39 is 0 Å². The van der Waals surface area contributed by atoms with Crippen LogP contribution in [-0.2, 0) is 6.42 Å². The SMILES string of the molecule is Cc1cc2c(cc1N)N(C(=O)c1cccc(C)c1C)CC2. The molecule has 3 heteroatoms. The molecule has 2 aromatic carbocycles. The van der Waals surface area contributed by atoms with Crippen molar-refractivity contribution in [3.63, 3.8) is 0 Å². The molecule has 0 saturated carbocycles. The Balaban J connectivity index is 2.03. The third-order valence-corrected chi connectivity index (χ3v) is 4.44. The number of rotatable bonds is 1. The van der Waals surface area contributed by atoms with Gasteiger partial charge in [0.25, 0.3) is 5.91 Å². The smallest absolute Gasteiger partial charge is 0.258 e. The van der Waals surface area contributed by atoms with Gasteiger partial charge in [-0.25, -0.2) is 0 Å². The van der Waals surface area contributed by atoms with Gasteiger partial charge in [0.1, 0.15) is 0 Å². The minimum Gasteiger partial charge on any atom is -0.398 e. The second kappa shape index (κ2) is 4.92. The lowest BCUT2D eigenvalue weighted by molar-refractivity contribution is 0.0988. The first-order valence-electron chi connectivity index (χ1n) is 7.26. The highest BCUT2D eigenvalue weighted by molar-refractivity contribution is 6.08. The van der Waals surface area contributed by atoms with Crippen LogP contribution in [-0.4, -0.2) is 12.5 Å². The molecule has 0 fully saturated rings. The van der Waals surface area contributed by atoms with Gasteiger partial charge in [0.15, 0.2) is 0 Å². The molecule has 1 heterocycles. The molecule has 0 unspecified atom stereocenters. The van der Waals surface area contributed by atoms with E-state index in [1.165, 1.54) is 5.56 Å². The van der Waals surface area contributed by atoms with E-state index in [1.54, 1.807) is 0 Å². The van der Waals surface area contributed by atoms with Gasteiger partial charge in [-0.2, -0.15) is 0 Å². The number of hydrogen-bond acceptors (Lipinski definition) is 2. The molecule has 3 rings (SSSR count). The Hall–Kier alpha value is -2.29. The number of nitrogens with zero attached hydrogens (tertiary/aromatic N) is 1. The van der Waals surface area contributed by atoms with Crippen LogP contribution in [0.25, 0.3) is 0 Å². The van der Waals surface area contributed by atoms with Crippen LogP contribution in [0.5, 0.6) is 0 Å². The number of carbonyl (C=O) groups excluding carboxylic acids is 1. The fourth-order valence-corrected chi connectivity index (χ4v) is 2.92. The maximum absolute atomic E-state index is 12.9. The van der Waals surface area contributed by atoms with Crippen LogP contribution in [0, 0.1) is 20.8 Å². The van der Waals surface area contributed by atoms with Crippen LogP contribution in [0.15, 0.2) is 30.3 Å². The molecule has 0 aromatic heterocycles. The van der Waals surface area contributed by atoms with Gasteiger partial charge < -0.3 is 10.6 Å². The fraction of sp³-hybridized carbons (Fsp3) is 0.278. The maximum Gasteiger partial charge on any atom is 0.258 e. The number of nitrogens with two attached hydrogens (primary N) is 1. The molecule has 0 radical (unpaired) electrons. The molecule has 0 aliphatic carbocycles. The van der Waals surface area contributed by atoms with Crippen molar-refractivity contribution in [1.29, 1.82) is 0 Å². The number of aryl methyl sites for hydroxylation is 2. The van der Waals surface area contributed by atoms with Crippen molar-refractivity contribution in [3.8, 4) is 0 Å². The Morgan fingerprint density at radius 2 is 1.90 bits per heavy atom. The van der Waals surface area contributed by atoms with E-state index >= 15 is 0 Å². The zero-order chi connectivity index (χ0) is 15.1. The molecule has 1 aliphatic rings. The van der Waals surface area contributed by atoms with Gasteiger partial charge in [-0.05, 0) is 61.6 Å². The maximum atomic E-state index is 12.9. The predicted octanol–water partition coefficient (Wildman–Crippen LogP) is 3.40. The number of hydrogen-bond donors (Lipinski definition) is 1. The zero-order valence-corrected chi connectivity index (χ0v) is 12.7. The number of amides is 1. The van der Waals surface area contributed by atoms with Crippen molar-refractivity contribution < 1.29 is 4.79 Å². The fourth-order valence-electron chi connectivity index (χ4n) is 2.92. The minimum atomic E-state index is 0.0678. The standard InChI is InChI=1S/C18H20N2O/c1-11-5-4-6-15(13(11)3)18(21)20-8-7-14-9-12(2)16(19)10-17(14)20/h4-6,9-10H,7-8,19H2,1-3H3. The number of anilines is 2. The average Bonchev–Trinajstić information content (AvgIpc) is 2.84. The molecule has 0 spiro atoms. The highest BCUT2D eigenvalue weighted by Gasteiger charge is 2.27. The Morgan fingerprint density at radius 3 is 2.67 bits per heavy atom. The van der Waals surface area contributed by atoms with E-state index in [9.17, 15) is 4.79 Å². The van der Waals surface area contributed by atoms with Gasteiger partial charge in [-0.1, -0.05) is 18.2 Å². The van der Waals surface area contributed by atoms with Crippen molar-refractivity contribution in [2.45, 2.75) is 27.2 Å². The molecule has 2 N–H and O–H groups in total. The van der Waals surface area contributed by atoms with Crippen molar-refractivity contribution in [3.05, 3.63) is 58.1 Å². The van der Waals surface area contributed by atoms with Gasteiger partial charge in [-0.3, -0.25) is 4.79 Å². The lowest BCUT2D eigenvalue weighted by Gasteiger charge is -2.20. The van der Waals surface area contributed by atoms with E-state index in [-0.39, 0.29) is 5.91 Å². The second-order valence-electron chi connectivity index (χ2n) is 5.79. The van der Waals surface area contributed by atoms with Gasteiger partial charge in [0.05, 0.1) is 0 Å². The molecule has 2 aromatic rings. The molecule has 0 bridgehead atoms. The molecule has 0 atom stereocenters. The first-order chi connectivity index (χ1) is 9.99. The number of benzene rings is 2. The molecule has 21 heavy (non-hydrogen) atoms. The lowest BCUT2D eigenvalue weighted by Crippen LogP contribution is -2.29. The van der Waals surface area contributed by atoms with E-state index in [1.807, 2.05) is 49.9 Å². The Labute approximate surface area is 125 Å². The normalized spacial score (nSPS) is 13.4. The second-order valence-corrected chi connectivity index (χ2v) is 5.79. The summed E-state index contributed by atoms with van der Waals surface area (Å²) < 4.78 is 0. The summed E-state index contributed by atoms with van der Waals surface area (Å²) in [6.45, 7) is 6.77. The van der Waals surface area contributed by atoms with E-state index in [0.717, 1.165) is 46.6 Å². The zero-order valence-electron chi connectivity index (χ0n) is 12.7. The average molecular weight is 280 g/mol. The summed E-state index contributed by atoms with van der Waals surface area (Å²) in [5.41, 5.74) is 13.0. The van der Waals surface area contributed by atoms with Crippen molar-refractivity contribution in [2.24, 2.45) is 0 Å². The summed E-state index contributed by atoms with van der Waals surface area (Å²) in [5, 5.41) is 0. The van der Waals surface area contributed by atoms with Crippen LogP contribution < -0.4 is 10.6 Å². The van der Waals surface area contributed by atoms with E-state index in [4.69, 9.17) is 5.73 Å². The summed E-state index contributed by atoms with van der Waals surface area (Å²) in [6.07, 6.45) is 0.896. The van der Waals surface area contributed by atoms with Gasteiger partial charge in [0, 0.05) is 23.5 Å². The van der Waals surface area contributed by atoms with Crippen LogP contribution in [0.1, 0.15) is 32.6 Å². The van der Waals surface area contributed by atoms with Crippen molar-refractivity contribution in [2.75, 3.05) is 17.2 Å². The summed E-state index contributed by atoms with van der Waals surface area (Å²) in [6, 6.07) is 9.91. The number of fused-ring (bicyclic) bond motifs is 1. The first-order valence-corrected chi connectivity index (χ1v) is 7.26. The quantitative estimate of drug-likeness (QED) is 0.814. The Morgan fingerprint density at radius 1 is 1.14 bits per heavy atom. The van der Waals surface area contributed by atoms with Crippen LogP contribution in [0.2, 0.25) is 0 Å². The minimum absolute atomic E-state index is 0.0678. The molecule has 0 saturated heterocycles. The van der Waals surface area contributed by atoms with Crippen molar-refractivity contribution in [1.82, 2.24) is 0 Å². The number of nitrogen functional groups attached to an aromatic ring is 1. The summed E-state index contributed by atoms with van der Waals surface area (Å²) in [5.74, 6) is 0.0678. The Kier molecular flexibility index (Phi) is 3.20. The molecular weight excluding hydrogens is 260 g/mol. The third-order valence-electron chi connectivity index (χ3n) is 4.44. The highest BCUT2D eigenvalue weighted by Crippen LogP contribution is 2.33. The molecule has 3 nitrogen and oxygen atoms in total. The molecule has 1 amide bonds. The molecule has 1 aliphatic heterocycles. The van der Waals surface area contributed by atoms with Gasteiger partial charge in [-0.15, -0.1) is 0 Å². The monoisotopic (exact) mass is 280 g/mol. The van der Waals surface area contributed by atoms with Crippen LogP contribution >= 0.6 is 0 Å². The van der Waals surface area contributed by atoms with Gasteiger partial charge in [0.2, 0.25) is 0 Å². The van der Waals surface area contributed by atoms with E-state index in [0.29, 0.717) is 0 Å². The Bertz CT molecular complexity index is 734. The first kappa shape index (κ1) is 13.7. The molecule has 108 valence electrons. The predicted molar refractivity (Wildman–Crippen MR) is 86.9 cm³/mol. The van der Waals surface area contributed by atoms with E-state index in [2.05, 4.69) is 6.07 Å². The van der Waals surface area contributed by atoms with Crippen molar-refractivity contribution >= 4 is 17.3 Å². The highest BCUT2D eigenvalue weighted by atomic mass is 16.2. The van der Waals surface area contributed by atoms with Crippen LogP contribution in [0.4, 0.5) is 11.4 Å². The number of carbonyl (C=O) groups is 1. The summed E-state index contributed by atoms with van der Waals surface area (Å²) in [4.78, 5) is 14.7. The third kappa shape index (κ3) is 2.19. The summed E-state index contributed by atoms with van der Waals surface area (Å²) >= 11 is 0. The largest absolute Gasteiger partial charge is 0.398 e. The lowest BCUT2D eigenvalue weighted by atomic mass is 10.0. The van der Waals surface area contributed by atoms with Gasteiger partial charge >= 0.3 is 0 Å².